The minimum absolute atomic E-state index is 0.0230. The molecule has 0 saturated heterocycles. The van der Waals surface area contributed by atoms with Gasteiger partial charge in [0.25, 0.3) is 5.91 Å². The molecule has 0 radical (unpaired) electrons. The van der Waals surface area contributed by atoms with Gasteiger partial charge in [0.05, 0.1) is 4.88 Å². The lowest BCUT2D eigenvalue weighted by Crippen LogP contribution is -2.48. The number of fused-ring (bicyclic) bond motifs is 1. The van der Waals surface area contributed by atoms with E-state index in [0.717, 1.165) is 15.0 Å². The Bertz CT molecular complexity index is 550. The molecule has 19 heavy (non-hydrogen) atoms. The molecule has 1 amide bonds. The maximum absolute atomic E-state index is 12.3. The van der Waals surface area contributed by atoms with Gasteiger partial charge in [-0.15, -0.1) is 11.3 Å². The summed E-state index contributed by atoms with van der Waals surface area (Å²) < 4.78 is 1.13. The van der Waals surface area contributed by atoms with Gasteiger partial charge in [0.15, 0.2) is 0 Å². The molecule has 0 aliphatic carbocycles. The van der Waals surface area contributed by atoms with Crippen molar-refractivity contribution in [3.8, 4) is 0 Å². The normalized spacial score (nSPS) is 13.5. The fourth-order valence-electron chi connectivity index (χ4n) is 1.95. The third-order valence-corrected chi connectivity index (χ3v) is 4.35. The maximum Gasteiger partial charge on any atom is 0.261 e. The lowest BCUT2D eigenvalue weighted by molar-refractivity contribution is 0.0910. The maximum atomic E-state index is 12.3. The number of carbonyl (C=O) groups excluding carboxylic acids is 1. The number of rotatable bonds is 3. The van der Waals surface area contributed by atoms with Gasteiger partial charge in [-0.2, -0.15) is 0 Å². The SMILES string of the molecule is CC(C)(C)C(CN)NC(=O)c1cc2ccccc2s1. The highest BCUT2D eigenvalue weighted by Crippen LogP contribution is 2.26. The molecule has 2 rings (SSSR count). The van der Waals surface area contributed by atoms with E-state index >= 15 is 0 Å². The lowest BCUT2D eigenvalue weighted by Gasteiger charge is -2.30. The minimum atomic E-state index is -0.0406. The molecule has 3 nitrogen and oxygen atoms in total. The fourth-order valence-corrected chi connectivity index (χ4v) is 2.92. The van der Waals surface area contributed by atoms with Crippen molar-refractivity contribution in [2.75, 3.05) is 6.54 Å². The van der Waals surface area contributed by atoms with Crippen LogP contribution in [0.25, 0.3) is 10.1 Å². The van der Waals surface area contributed by atoms with E-state index in [0.29, 0.717) is 6.54 Å². The molecule has 0 fully saturated rings. The van der Waals surface area contributed by atoms with Crippen molar-refractivity contribution in [1.82, 2.24) is 5.32 Å². The quantitative estimate of drug-likeness (QED) is 0.905. The first-order valence-electron chi connectivity index (χ1n) is 6.41. The van der Waals surface area contributed by atoms with Crippen LogP contribution in [0.1, 0.15) is 30.4 Å². The first kappa shape index (κ1) is 14.0. The Kier molecular flexibility index (Phi) is 3.92. The molecule has 3 N–H and O–H groups in total. The van der Waals surface area contributed by atoms with Crippen LogP contribution in [-0.2, 0) is 0 Å². The van der Waals surface area contributed by atoms with Gasteiger partial charge in [0.2, 0.25) is 0 Å². The molecule has 1 unspecified atom stereocenters. The second-order valence-corrected chi connectivity index (χ2v) is 6.86. The minimum Gasteiger partial charge on any atom is -0.347 e. The second kappa shape index (κ2) is 5.31. The van der Waals surface area contributed by atoms with Crippen molar-refractivity contribution in [2.24, 2.45) is 11.1 Å². The number of carbonyl (C=O) groups is 1. The molecular formula is C15H20N2OS. The number of thiophene rings is 1. The molecule has 0 aliphatic rings. The number of nitrogens with two attached hydrogens (primary N) is 1. The Labute approximate surface area is 117 Å². The van der Waals surface area contributed by atoms with Crippen molar-refractivity contribution in [2.45, 2.75) is 26.8 Å². The summed E-state index contributed by atoms with van der Waals surface area (Å²) in [6.07, 6.45) is 0. The molecule has 1 aromatic carbocycles. The molecule has 1 atom stereocenters. The smallest absolute Gasteiger partial charge is 0.261 e. The number of nitrogens with one attached hydrogen (secondary N) is 1. The summed E-state index contributed by atoms with van der Waals surface area (Å²) in [4.78, 5) is 13.0. The van der Waals surface area contributed by atoms with Gasteiger partial charge in [-0.25, -0.2) is 0 Å². The summed E-state index contributed by atoms with van der Waals surface area (Å²) in [7, 11) is 0. The number of hydrogen-bond donors (Lipinski definition) is 2. The lowest BCUT2D eigenvalue weighted by atomic mass is 9.87. The third kappa shape index (κ3) is 3.14. The molecule has 0 aliphatic heterocycles. The van der Waals surface area contributed by atoms with Crippen LogP contribution in [0.2, 0.25) is 0 Å². The largest absolute Gasteiger partial charge is 0.347 e. The van der Waals surface area contributed by atoms with Gasteiger partial charge >= 0.3 is 0 Å². The van der Waals surface area contributed by atoms with E-state index in [9.17, 15) is 4.79 Å². The zero-order chi connectivity index (χ0) is 14.0. The molecule has 102 valence electrons. The predicted octanol–water partition coefficient (Wildman–Crippen LogP) is 3.00. The Hall–Kier alpha value is -1.39. The molecule has 0 bridgehead atoms. The van der Waals surface area contributed by atoms with Crippen LogP contribution in [0.4, 0.5) is 0 Å². The van der Waals surface area contributed by atoms with E-state index in [1.54, 1.807) is 0 Å². The van der Waals surface area contributed by atoms with Gasteiger partial charge in [-0.3, -0.25) is 4.79 Å². The zero-order valence-corrected chi connectivity index (χ0v) is 12.4. The van der Waals surface area contributed by atoms with Crippen LogP contribution in [0, 0.1) is 5.41 Å². The highest BCUT2D eigenvalue weighted by atomic mass is 32.1. The second-order valence-electron chi connectivity index (χ2n) is 5.78. The first-order valence-corrected chi connectivity index (χ1v) is 7.23. The summed E-state index contributed by atoms with van der Waals surface area (Å²) in [5.74, 6) is -0.0356. The molecule has 0 spiro atoms. The zero-order valence-electron chi connectivity index (χ0n) is 11.6. The Morgan fingerprint density at radius 2 is 2.05 bits per heavy atom. The summed E-state index contributed by atoms with van der Waals surface area (Å²) in [5.41, 5.74) is 5.71. The van der Waals surface area contributed by atoms with Crippen LogP contribution in [0.15, 0.2) is 30.3 Å². The average Bonchev–Trinajstić information content (AvgIpc) is 2.77. The summed E-state index contributed by atoms with van der Waals surface area (Å²) in [5, 5.41) is 4.14. The average molecular weight is 276 g/mol. The molecular weight excluding hydrogens is 256 g/mol. The van der Waals surface area contributed by atoms with Gasteiger partial charge in [0.1, 0.15) is 0 Å². The Balaban J connectivity index is 2.19. The van der Waals surface area contributed by atoms with Crippen LogP contribution < -0.4 is 11.1 Å². The van der Waals surface area contributed by atoms with Crippen molar-refractivity contribution < 1.29 is 4.79 Å². The first-order chi connectivity index (χ1) is 8.91. The molecule has 1 heterocycles. The van der Waals surface area contributed by atoms with Crippen molar-refractivity contribution in [1.29, 1.82) is 0 Å². The topological polar surface area (TPSA) is 55.1 Å². The van der Waals surface area contributed by atoms with E-state index in [-0.39, 0.29) is 17.4 Å². The summed E-state index contributed by atoms with van der Waals surface area (Å²) >= 11 is 1.52. The van der Waals surface area contributed by atoms with E-state index in [4.69, 9.17) is 5.73 Å². The van der Waals surface area contributed by atoms with Gasteiger partial charge in [-0.05, 0) is 22.9 Å². The molecule has 2 aromatic rings. The van der Waals surface area contributed by atoms with Gasteiger partial charge in [-0.1, -0.05) is 39.0 Å². The predicted molar refractivity (Wildman–Crippen MR) is 81.6 cm³/mol. The van der Waals surface area contributed by atoms with Crippen LogP contribution in [0.3, 0.4) is 0 Å². The van der Waals surface area contributed by atoms with E-state index < -0.39 is 0 Å². The Morgan fingerprint density at radius 1 is 1.37 bits per heavy atom. The van der Waals surface area contributed by atoms with Gasteiger partial charge < -0.3 is 11.1 Å². The van der Waals surface area contributed by atoms with Gasteiger partial charge in [0, 0.05) is 17.3 Å². The Morgan fingerprint density at radius 3 is 2.63 bits per heavy atom. The summed E-state index contributed by atoms with van der Waals surface area (Å²) in [6, 6.07) is 9.93. The van der Waals surface area contributed by atoms with Crippen LogP contribution in [-0.4, -0.2) is 18.5 Å². The monoisotopic (exact) mass is 276 g/mol. The standard InChI is InChI=1S/C15H20N2OS/c1-15(2,3)13(9-16)17-14(18)12-8-10-6-4-5-7-11(10)19-12/h4-8,13H,9,16H2,1-3H3,(H,17,18). The highest BCUT2D eigenvalue weighted by Gasteiger charge is 2.25. The number of benzene rings is 1. The third-order valence-electron chi connectivity index (χ3n) is 3.24. The van der Waals surface area contributed by atoms with E-state index in [1.165, 1.54) is 11.3 Å². The molecule has 4 heteroatoms. The summed E-state index contributed by atoms with van der Waals surface area (Å²) in [6.45, 7) is 6.68. The van der Waals surface area contributed by atoms with Crippen molar-refractivity contribution >= 4 is 27.3 Å². The van der Waals surface area contributed by atoms with E-state index in [1.807, 2.05) is 30.3 Å². The van der Waals surface area contributed by atoms with Crippen LogP contribution >= 0.6 is 11.3 Å². The van der Waals surface area contributed by atoms with Crippen LogP contribution in [0.5, 0.6) is 0 Å². The molecule has 1 aromatic heterocycles. The van der Waals surface area contributed by atoms with E-state index in [2.05, 4.69) is 26.1 Å². The fraction of sp³-hybridized carbons (Fsp3) is 0.400. The highest BCUT2D eigenvalue weighted by molar-refractivity contribution is 7.20. The van der Waals surface area contributed by atoms with Crippen molar-refractivity contribution in [3.63, 3.8) is 0 Å². The van der Waals surface area contributed by atoms with Crippen molar-refractivity contribution in [3.05, 3.63) is 35.2 Å². The number of hydrogen-bond acceptors (Lipinski definition) is 3. The molecule has 0 saturated carbocycles. The number of amides is 1.